The monoisotopic (exact) mass is 968 g/mol. The Hall–Kier alpha value is -6.91. The van der Waals surface area contributed by atoms with Crippen LogP contribution in [0.4, 0.5) is 21.1 Å². The number of carbonyl (C=O) groups excluding carboxylic acids is 4. The minimum atomic E-state index is -0.698. The maximum atomic E-state index is 13.8. The highest BCUT2D eigenvalue weighted by atomic mass is 16.5. The summed E-state index contributed by atoms with van der Waals surface area (Å²) in [5.74, 6) is 2.00. The number of benzene rings is 2. The number of piperidine rings is 1. The molecule has 0 bridgehead atoms. The van der Waals surface area contributed by atoms with Gasteiger partial charge in [-0.3, -0.25) is 9.59 Å². The first-order valence-electron chi connectivity index (χ1n) is 25.5. The molecule has 6 atom stereocenters. The maximum Gasteiger partial charge on any atom is 0.407 e. The van der Waals surface area contributed by atoms with Gasteiger partial charge in [0.05, 0.1) is 74.1 Å². The number of hydrogen-bond donors (Lipinski definition) is 4. The van der Waals surface area contributed by atoms with Gasteiger partial charge in [-0.25, -0.2) is 24.5 Å². The van der Waals surface area contributed by atoms with E-state index in [0.717, 1.165) is 97.3 Å². The van der Waals surface area contributed by atoms with Crippen LogP contribution < -0.4 is 20.4 Å². The Balaban J connectivity index is 0.931. The minimum Gasteiger partial charge on any atom is -0.453 e. The number of H-pyrrole nitrogens is 2. The first-order valence-corrected chi connectivity index (χ1v) is 25.5. The van der Waals surface area contributed by atoms with Gasteiger partial charge in [-0.2, -0.15) is 0 Å². The second-order valence-electron chi connectivity index (χ2n) is 20.1. The van der Waals surface area contributed by atoms with Crippen molar-refractivity contribution in [3.05, 3.63) is 102 Å². The van der Waals surface area contributed by atoms with Crippen molar-refractivity contribution in [2.75, 3.05) is 50.2 Å². The normalized spacial score (nSPS) is 21.2. The number of carbonyl (C=O) groups is 4. The van der Waals surface area contributed by atoms with Gasteiger partial charge in [0.1, 0.15) is 29.6 Å². The number of aromatic nitrogens is 5. The standard InChI is InChI=1S/C54H69N11O6/c1-33(2)47(60-53(68)70-5)51(66)63-28-10-12-44(63)49-56-31-40(58-49)35-14-18-37(19-15-35)42-23-24-43(65(42)39-22-25-46(55-30-39)62-26-8-7-9-27-62)38-20-16-36(17-21-38)41-32-57-50(59-41)45-13-11-29-64(45)52(67)48(34(3)4)61-54(69)71-6/h14-22,25,30-34,42-45,47-48H,7-13,23-24,26-29H2,1-6H3,(H,56,58)(H,57,59)(H,60,68)(H,61,69)/t42-,43-,44+,45+,47+,48?/m1/s1. The molecule has 4 amide bonds. The van der Waals surface area contributed by atoms with Crippen molar-refractivity contribution in [2.45, 2.75) is 122 Å². The molecule has 0 radical (unpaired) electrons. The fraction of sp³-hybridized carbons (Fsp3) is 0.500. The molecule has 17 nitrogen and oxygen atoms in total. The number of nitrogens with one attached hydrogen (secondary N) is 4. The van der Waals surface area contributed by atoms with Crippen molar-refractivity contribution in [2.24, 2.45) is 11.8 Å². The molecule has 71 heavy (non-hydrogen) atoms. The van der Waals surface area contributed by atoms with E-state index in [1.807, 2.05) is 56.1 Å². The van der Waals surface area contributed by atoms with Crippen molar-refractivity contribution in [1.29, 1.82) is 0 Å². The lowest BCUT2D eigenvalue weighted by atomic mass is 10.0. The predicted octanol–water partition coefficient (Wildman–Crippen LogP) is 9.02. The second kappa shape index (κ2) is 21.6. The van der Waals surface area contributed by atoms with Crippen molar-refractivity contribution < 1.29 is 28.7 Å². The third kappa shape index (κ3) is 10.5. The summed E-state index contributed by atoms with van der Waals surface area (Å²) in [6.45, 7) is 10.9. The minimum absolute atomic E-state index is 0.101. The number of hydrogen-bond acceptors (Lipinski definition) is 11. The highest BCUT2D eigenvalue weighted by Gasteiger charge is 2.40. The Kier molecular flexibility index (Phi) is 14.9. The average molecular weight is 968 g/mol. The van der Waals surface area contributed by atoms with E-state index >= 15 is 0 Å². The molecule has 0 spiro atoms. The van der Waals surface area contributed by atoms with Gasteiger partial charge in [-0.05, 0) is 104 Å². The number of rotatable bonds is 14. The Morgan fingerprint density at radius 1 is 0.549 bits per heavy atom. The molecule has 2 aromatic carbocycles. The SMILES string of the molecule is COC(=O)NC(C(=O)N1CCC[C@H]1c1ncc(-c2ccc([C@H]3CC[C@H](c4ccc(-c5cnc([C@@H]6CCCN6C(=O)[C@@H](NC(=O)OC)C(C)C)[nH]5)cc4)N3c3ccc(N4CCCCC4)nc3)cc2)[nH]1)C(C)C. The lowest BCUT2D eigenvalue weighted by molar-refractivity contribution is -0.136. The van der Waals surface area contributed by atoms with Crippen LogP contribution in [0.3, 0.4) is 0 Å². The van der Waals surface area contributed by atoms with E-state index in [0.29, 0.717) is 13.1 Å². The third-order valence-corrected chi connectivity index (χ3v) is 15.0. The molecule has 4 aliphatic heterocycles. The van der Waals surface area contributed by atoms with Crippen LogP contribution in [0.5, 0.6) is 0 Å². The van der Waals surface area contributed by atoms with Crippen LogP contribution in [0.25, 0.3) is 22.5 Å². The summed E-state index contributed by atoms with van der Waals surface area (Å²) in [7, 11) is 2.60. The molecule has 0 saturated carbocycles. The fourth-order valence-corrected chi connectivity index (χ4v) is 11.1. The molecule has 7 heterocycles. The molecule has 4 saturated heterocycles. The van der Waals surface area contributed by atoms with Crippen LogP contribution in [0.1, 0.15) is 132 Å². The first-order chi connectivity index (χ1) is 34.4. The highest BCUT2D eigenvalue weighted by molar-refractivity contribution is 5.87. The molecule has 17 heteroatoms. The Labute approximate surface area is 416 Å². The molecule has 4 N–H and O–H groups in total. The van der Waals surface area contributed by atoms with Crippen molar-refractivity contribution in [3.63, 3.8) is 0 Å². The van der Waals surface area contributed by atoms with Crippen LogP contribution in [0, 0.1) is 11.8 Å². The number of anilines is 2. The first kappa shape index (κ1) is 49.1. The lowest BCUT2D eigenvalue weighted by Crippen LogP contribution is -2.51. The molecule has 5 aromatic rings. The largest absolute Gasteiger partial charge is 0.453 e. The fourth-order valence-electron chi connectivity index (χ4n) is 11.1. The van der Waals surface area contributed by atoms with Gasteiger partial charge in [0.2, 0.25) is 11.8 Å². The molecule has 1 unspecified atom stereocenters. The summed E-state index contributed by atoms with van der Waals surface area (Å²) in [6.07, 6.45) is 13.3. The van der Waals surface area contributed by atoms with Crippen LogP contribution in [-0.4, -0.2) is 111 Å². The van der Waals surface area contributed by atoms with Crippen LogP contribution >= 0.6 is 0 Å². The number of aromatic amines is 2. The summed E-state index contributed by atoms with van der Waals surface area (Å²) in [5, 5.41) is 5.46. The molecule has 0 aliphatic carbocycles. The van der Waals surface area contributed by atoms with Crippen molar-refractivity contribution in [1.82, 2.24) is 45.4 Å². The average Bonchev–Trinajstić information content (AvgIpc) is 4.27. The van der Waals surface area contributed by atoms with Gasteiger partial charge < -0.3 is 49.7 Å². The Morgan fingerprint density at radius 3 is 1.42 bits per heavy atom. The molecular formula is C54H69N11O6. The molecule has 3 aromatic heterocycles. The summed E-state index contributed by atoms with van der Waals surface area (Å²) < 4.78 is 9.63. The van der Waals surface area contributed by atoms with Crippen LogP contribution in [0.15, 0.2) is 79.3 Å². The van der Waals surface area contributed by atoms with E-state index < -0.39 is 24.3 Å². The molecule has 9 rings (SSSR count). The van der Waals surface area contributed by atoms with E-state index in [1.165, 1.54) is 44.6 Å². The number of amides is 4. The zero-order valence-electron chi connectivity index (χ0n) is 41.9. The summed E-state index contributed by atoms with van der Waals surface area (Å²) >= 11 is 0. The van der Waals surface area contributed by atoms with Gasteiger partial charge in [-0.15, -0.1) is 0 Å². The highest BCUT2D eigenvalue weighted by Crippen LogP contribution is 2.48. The third-order valence-electron chi connectivity index (χ3n) is 15.0. The molecular weight excluding hydrogens is 899 g/mol. The smallest absolute Gasteiger partial charge is 0.407 e. The summed E-state index contributed by atoms with van der Waals surface area (Å²) in [6, 6.07) is 20.3. The van der Waals surface area contributed by atoms with Crippen molar-refractivity contribution >= 4 is 35.5 Å². The zero-order valence-corrected chi connectivity index (χ0v) is 41.9. The zero-order chi connectivity index (χ0) is 49.8. The maximum absolute atomic E-state index is 13.8. The topological polar surface area (TPSA) is 194 Å². The number of ether oxygens (including phenoxy) is 2. The Morgan fingerprint density at radius 2 is 1.01 bits per heavy atom. The molecule has 376 valence electrons. The molecule has 4 aliphatic rings. The number of nitrogens with zero attached hydrogens (tertiary/aromatic N) is 7. The van der Waals surface area contributed by atoms with E-state index in [-0.39, 0.29) is 47.8 Å². The van der Waals surface area contributed by atoms with Gasteiger partial charge in [0, 0.05) is 26.2 Å². The second-order valence-corrected chi connectivity index (χ2v) is 20.1. The van der Waals surface area contributed by atoms with Crippen molar-refractivity contribution in [3.8, 4) is 22.5 Å². The predicted molar refractivity (Wildman–Crippen MR) is 271 cm³/mol. The van der Waals surface area contributed by atoms with Crippen LogP contribution in [-0.2, 0) is 19.1 Å². The lowest BCUT2D eigenvalue weighted by Gasteiger charge is -2.34. The van der Waals surface area contributed by atoms with Gasteiger partial charge in [0.25, 0.3) is 0 Å². The Bertz CT molecular complexity index is 2470. The van der Waals surface area contributed by atoms with Gasteiger partial charge in [0.15, 0.2) is 0 Å². The van der Waals surface area contributed by atoms with E-state index in [2.05, 4.69) is 91.1 Å². The van der Waals surface area contributed by atoms with Gasteiger partial charge >= 0.3 is 12.2 Å². The number of pyridine rings is 1. The van der Waals surface area contributed by atoms with Gasteiger partial charge in [-0.1, -0.05) is 76.2 Å². The van der Waals surface area contributed by atoms with E-state index in [1.54, 1.807) is 0 Å². The number of alkyl carbamates (subject to hydrolysis) is 2. The van der Waals surface area contributed by atoms with E-state index in [4.69, 9.17) is 24.4 Å². The van der Waals surface area contributed by atoms with E-state index in [9.17, 15) is 19.2 Å². The number of likely N-dealkylation sites (tertiary alicyclic amines) is 2. The number of methoxy groups -OCH3 is 2. The van der Waals surface area contributed by atoms with Crippen LogP contribution in [0.2, 0.25) is 0 Å². The number of imidazole rings is 2. The summed E-state index contributed by atoms with van der Waals surface area (Å²) in [5.41, 5.74) is 7.27. The quantitative estimate of drug-likeness (QED) is 0.0830. The molecule has 4 fully saturated rings. The summed E-state index contributed by atoms with van der Waals surface area (Å²) in [4.78, 5) is 82.1.